The van der Waals surface area contributed by atoms with Gasteiger partial charge in [-0.25, -0.2) is 0 Å². The summed E-state index contributed by atoms with van der Waals surface area (Å²) in [6.45, 7) is 2.65. The maximum absolute atomic E-state index is 12.0. The van der Waals surface area contributed by atoms with Crippen LogP contribution in [-0.2, 0) is 4.79 Å². The average molecular weight is 267 g/mol. The van der Waals surface area contributed by atoms with Crippen LogP contribution in [0.3, 0.4) is 0 Å². The monoisotopic (exact) mass is 267 g/mol. The Labute approximate surface area is 118 Å². The van der Waals surface area contributed by atoms with Gasteiger partial charge < -0.3 is 5.32 Å². The summed E-state index contributed by atoms with van der Waals surface area (Å²) in [7, 11) is 0. The van der Waals surface area contributed by atoms with Gasteiger partial charge in [0.05, 0.1) is 17.3 Å². The lowest BCUT2D eigenvalue weighted by molar-refractivity contribution is -0.121. The van der Waals surface area contributed by atoms with Gasteiger partial charge in [0, 0.05) is 11.9 Å². The zero-order chi connectivity index (χ0) is 14.4. The minimum absolute atomic E-state index is 0.274. The number of para-hydroxylation sites is 1. The van der Waals surface area contributed by atoms with E-state index in [4.69, 9.17) is 0 Å². The van der Waals surface area contributed by atoms with Gasteiger partial charge in [-0.3, -0.25) is 9.78 Å². The third kappa shape index (κ3) is 3.12. The maximum atomic E-state index is 12.0. The SMILES string of the molecule is CCCCNC(=O)[C@@H](C#N)c1ccc2ccccc2n1. The van der Waals surface area contributed by atoms with Crippen LogP contribution in [0.5, 0.6) is 0 Å². The molecule has 0 bridgehead atoms. The summed E-state index contributed by atoms with van der Waals surface area (Å²) in [5.41, 5.74) is 1.30. The highest BCUT2D eigenvalue weighted by Gasteiger charge is 2.21. The van der Waals surface area contributed by atoms with Crippen LogP contribution in [0.1, 0.15) is 31.4 Å². The summed E-state index contributed by atoms with van der Waals surface area (Å²) in [6, 6.07) is 13.3. The summed E-state index contributed by atoms with van der Waals surface area (Å²) >= 11 is 0. The van der Waals surface area contributed by atoms with E-state index in [1.807, 2.05) is 36.4 Å². The molecule has 4 heteroatoms. The molecule has 0 saturated heterocycles. The first-order chi connectivity index (χ1) is 9.76. The summed E-state index contributed by atoms with van der Waals surface area (Å²) < 4.78 is 0. The Morgan fingerprint density at radius 3 is 2.90 bits per heavy atom. The van der Waals surface area contributed by atoms with Crippen LogP contribution in [0.15, 0.2) is 36.4 Å². The molecule has 1 N–H and O–H groups in total. The van der Waals surface area contributed by atoms with E-state index in [9.17, 15) is 10.1 Å². The minimum atomic E-state index is -0.850. The third-order valence-corrected chi connectivity index (χ3v) is 3.14. The number of unbranched alkanes of at least 4 members (excludes halogenated alkanes) is 1. The molecule has 0 fully saturated rings. The van der Waals surface area contributed by atoms with Crippen molar-refractivity contribution in [1.82, 2.24) is 10.3 Å². The number of hydrogen-bond donors (Lipinski definition) is 1. The molecule has 0 radical (unpaired) electrons. The van der Waals surface area contributed by atoms with E-state index >= 15 is 0 Å². The van der Waals surface area contributed by atoms with Crippen molar-refractivity contribution in [2.45, 2.75) is 25.7 Å². The number of fused-ring (bicyclic) bond motifs is 1. The van der Waals surface area contributed by atoms with E-state index in [-0.39, 0.29) is 5.91 Å². The molecule has 1 aromatic heterocycles. The first-order valence-corrected chi connectivity index (χ1v) is 6.79. The van der Waals surface area contributed by atoms with E-state index in [0.29, 0.717) is 12.2 Å². The van der Waals surface area contributed by atoms with Gasteiger partial charge in [-0.15, -0.1) is 0 Å². The highest BCUT2D eigenvalue weighted by Crippen LogP contribution is 2.18. The van der Waals surface area contributed by atoms with Crippen molar-refractivity contribution >= 4 is 16.8 Å². The second kappa shape index (κ2) is 6.67. The molecule has 1 heterocycles. The molecular weight excluding hydrogens is 250 g/mol. The normalized spacial score (nSPS) is 11.8. The molecule has 0 spiro atoms. The summed E-state index contributed by atoms with van der Waals surface area (Å²) in [5, 5.41) is 13.0. The molecule has 0 saturated carbocycles. The van der Waals surface area contributed by atoms with E-state index in [1.165, 1.54) is 0 Å². The van der Waals surface area contributed by atoms with Crippen molar-refractivity contribution in [3.8, 4) is 6.07 Å². The lowest BCUT2D eigenvalue weighted by atomic mass is 10.0. The van der Waals surface area contributed by atoms with Crippen LogP contribution < -0.4 is 5.32 Å². The van der Waals surface area contributed by atoms with Crippen molar-refractivity contribution in [2.24, 2.45) is 0 Å². The number of rotatable bonds is 5. The molecule has 4 nitrogen and oxygen atoms in total. The van der Waals surface area contributed by atoms with Crippen LogP contribution in [0, 0.1) is 11.3 Å². The van der Waals surface area contributed by atoms with E-state index in [1.54, 1.807) is 6.07 Å². The Morgan fingerprint density at radius 1 is 1.35 bits per heavy atom. The first-order valence-electron chi connectivity index (χ1n) is 6.79. The van der Waals surface area contributed by atoms with E-state index < -0.39 is 5.92 Å². The zero-order valence-electron chi connectivity index (χ0n) is 11.5. The number of aromatic nitrogens is 1. The number of hydrogen-bond acceptors (Lipinski definition) is 3. The molecule has 2 rings (SSSR count). The predicted molar refractivity (Wildman–Crippen MR) is 78.0 cm³/mol. The molecule has 1 aromatic carbocycles. The molecule has 0 unspecified atom stereocenters. The van der Waals surface area contributed by atoms with Gasteiger partial charge in [-0.05, 0) is 18.6 Å². The van der Waals surface area contributed by atoms with Gasteiger partial charge in [0.25, 0.3) is 0 Å². The maximum Gasteiger partial charge on any atom is 0.243 e. The fourth-order valence-electron chi connectivity index (χ4n) is 1.99. The van der Waals surface area contributed by atoms with Crippen LogP contribution in [0.25, 0.3) is 10.9 Å². The second-order valence-corrected chi connectivity index (χ2v) is 4.64. The standard InChI is InChI=1S/C16H17N3O/c1-2-3-10-18-16(20)13(11-17)15-9-8-12-6-4-5-7-14(12)19-15/h4-9,13H,2-3,10H2,1H3,(H,18,20)/t13-/m0/s1. The first kappa shape index (κ1) is 14.0. The minimum Gasteiger partial charge on any atom is -0.355 e. The van der Waals surface area contributed by atoms with Crippen molar-refractivity contribution in [3.63, 3.8) is 0 Å². The van der Waals surface area contributed by atoms with Gasteiger partial charge in [0.15, 0.2) is 5.92 Å². The van der Waals surface area contributed by atoms with Crippen molar-refractivity contribution in [2.75, 3.05) is 6.54 Å². The fraction of sp³-hybridized carbons (Fsp3) is 0.312. The molecule has 0 aliphatic carbocycles. The smallest absolute Gasteiger partial charge is 0.243 e. The zero-order valence-corrected chi connectivity index (χ0v) is 11.5. The van der Waals surface area contributed by atoms with Crippen LogP contribution in [0.2, 0.25) is 0 Å². The van der Waals surface area contributed by atoms with Crippen molar-refractivity contribution in [3.05, 3.63) is 42.1 Å². The quantitative estimate of drug-likeness (QED) is 0.847. The van der Waals surface area contributed by atoms with Crippen molar-refractivity contribution in [1.29, 1.82) is 5.26 Å². The number of nitrogens with one attached hydrogen (secondary N) is 1. The largest absolute Gasteiger partial charge is 0.355 e. The van der Waals surface area contributed by atoms with Crippen molar-refractivity contribution < 1.29 is 4.79 Å². The molecule has 102 valence electrons. The Bertz CT molecular complexity index is 645. The Morgan fingerprint density at radius 2 is 2.15 bits per heavy atom. The average Bonchev–Trinajstić information content (AvgIpc) is 2.48. The highest BCUT2D eigenvalue weighted by atomic mass is 16.1. The molecule has 1 amide bonds. The molecule has 1 atom stereocenters. The van der Waals surface area contributed by atoms with Gasteiger partial charge in [0.1, 0.15) is 0 Å². The molecule has 0 aliphatic rings. The number of benzene rings is 1. The predicted octanol–water partition coefficient (Wildman–Crippen LogP) is 2.76. The number of carbonyl (C=O) groups is 1. The van der Waals surface area contributed by atoms with Crippen LogP contribution in [-0.4, -0.2) is 17.4 Å². The second-order valence-electron chi connectivity index (χ2n) is 4.64. The Hall–Kier alpha value is -2.41. The van der Waals surface area contributed by atoms with Gasteiger partial charge >= 0.3 is 0 Å². The lowest BCUT2D eigenvalue weighted by Crippen LogP contribution is -2.29. The molecule has 2 aromatic rings. The van der Waals surface area contributed by atoms with Gasteiger partial charge in [-0.1, -0.05) is 37.6 Å². The number of amides is 1. The summed E-state index contributed by atoms with van der Waals surface area (Å²) in [4.78, 5) is 16.4. The number of nitriles is 1. The summed E-state index contributed by atoms with van der Waals surface area (Å²) in [5.74, 6) is -1.12. The number of nitrogens with zero attached hydrogens (tertiary/aromatic N) is 2. The Balaban J connectivity index is 2.21. The van der Waals surface area contributed by atoms with E-state index in [0.717, 1.165) is 23.7 Å². The molecular formula is C16H17N3O. The molecule has 20 heavy (non-hydrogen) atoms. The van der Waals surface area contributed by atoms with Gasteiger partial charge in [0.2, 0.25) is 5.91 Å². The van der Waals surface area contributed by atoms with Crippen LogP contribution >= 0.6 is 0 Å². The molecule has 0 aliphatic heterocycles. The third-order valence-electron chi connectivity index (χ3n) is 3.14. The number of pyridine rings is 1. The fourth-order valence-corrected chi connectivity index (χ4v) is 1.99. The highest BCUT2D eigenvalue weighted by molar-refractivity contribution is 5.87. The van der Waals surface area contributed by atoms with E-state index in [2.05, 4.69) is 17.2 Å². The number of carbonyl (C=O) groups excluding carboxylic acids is 1. The summed E-state index contributed by atoms with van der Waals surface area (Å²) in [6.07, 6.45) is 1.92. The van der Waals surface area contributed by atoms with Gasteiger partial charge in [-0.2, -0.15) is 5.26 Å². The topological polar surface area (TPSA) is 65.8 Å². The van der Waals surface area contributed by atoms with Crippen LogP contribution in [0.4, 0.5) is 0 Å². The Kier molecular flexibility index (Phi) is 4.67. The lowest BCUT2D eigenvalue weighted by Gasteiger charge is -2.10.